The molecule has 3 aromatic rings. The Morgan fingerprint density at radius 1 is 1.20 bits per heavy atom. The van der Waals surface area contributed by atoms with Crippen molar-refractivity contribution in [2.75, 3.05) is 0 Å². The second-order valence-electron chi connectivity index (χ2n) is 5.64. The molecule has 0 bridgehead atoms. The van der Waals surface area contributed by atoms with E-state index in [4.69, 9.17) is 9.15 Å². The summed E-state index contributed by atoms with van der Waals surface area (Å²) in [6.45, 7) is 3.69. The van der Waals surface area contributed by atoms with Crippen LogP contribution in [0.25, 0.3) is 11.0 Å². The van der Waals surface area contributed by atoms with Gasteiger partial charge in [-0.25, -0.2) is 9.18 Å². The minimum atomic E-state index is -0.839. The summed E-state index contributed by atoms with van der Waals surface area (Å²) in [7, 11) is 0. The predicted molar refractivity (Wildman–Crippen MR) is 89.3 cm³/mol. The first kappa shape index (κ1) is 16.6. The van der Waals surface area contributed by atoms with Crippen molar-refractivity contribution in [1.82, 2.24) is 0 Å². The number of fused-ring (bicyclic) bond motifs is 1. The Hall–Kier alpha value is -3.22. The Morgan fingerprint density at radius 2 is 1.96 bits per heavy atom. The standard InChI is InChI=1S/C18H14FNO5/c1-10-3-5-14-12(7-17(21)25-18(14)11(10)2)9-24-16-6-4-13(20(22)23)8-15(16)19/h3-8H,9H2,1-2H3. The van der Waals surface area contributed by atoms with Gasteiger partial charge in [-0.1, -0.05) is 12.1 Å². The first-order valence-corrected chi connectivity index (χ1v) is 7.46. The van der Waals surface area contributed by atoms with Crippen molar-refractivity contribution < 1.29 is 18.5 Å². The number of hydrogen-bond donors (Lipinski definition) is 0. The van der Waals surface area contributed by atoms with E-state index in [0.29, 0.717) is 16.5 Å². The van der Waals surface area contributed by atoms with Crippen LogP contribution in [0.3, 0.4) is 0 Å². The molecule has 7 heteroatoms. The first-order chi connectivity index (χ1) is 11.9. The number of non-ortho nitro benzene ring substituents is 1. The first-order valence-electron chi connectivity index (χ1n) is 7.46. The Bertz CT molecular complexity index is 1040. The Morgan fingerprint density at radius 3 is 2.64 bits per heavy atom. The lowest BCUT2D eigenvalue weighted by atomic mass is 10.0. The quantitative estimate of drug-likeness (QED) is 0.406. The fraction of sp³-hybridized carbons (Fsp3) is 0.167. The average molecular weight is 343 g/mol. The predicted octanol–water partition coefficient (Wildman–Crippen LogP) is 4.04. The van der Waals surface area contributed by atoms with Gasteiger partial charge in [-0.05, 0) is 31.0 Å². The Labute approximate surface area is 141 Å². The zero-order chi connectivity index (χ0) is 18.1. The molecule has 0 saturated carbocycles. The van der Waals surface area contributed by atoms with Crippen LogP contribution in [0.5, 0.6) is 5.75 Å². The highest BCUT2D eigenvalue weighted by Crippen LogP contribution is 2.26. The summed E-state index contributed by atoms with van der Waals surface area (Å²) in [5.41, 5.74) is 1.96. The van der Waals surface area contributed by atoms with E-state index in [-0.39, 0.29) is 18.0 Å². The van der Waals surface area contributed by atoms with Gasteiger partial charge >= 0.3 is 5.63 Å². The molecule has 0 aliphatic heterocycles. The minimum Gasteiger partial charge on any atom is -0.486 e. The summed E-state index contributed by atoms with van der Waals surface area (Å²) in [5.74, 6) is -0.968. The molecule has 2 aromatic carbocycles. The Balaban J connectivity index is 1.95. The van der Waals surface area contributed by atoms with Gasteiger partial charge in [0.25, 0.3) is 5.69 Å². The molecule has 6 nitrogen and oxygen atoms in total. The van der Waals surface area contributed by atoms with Crippen molar-refractivity contribution in [3.05, 3.63) is 79.4 Å². The molecule has 25 heavy (non-hydrogen) atoms. The van der Waals surface area contributed by atoms with Gasteiger partial charge in [-0.2, -0.15) is 0 Å². The van der Waals surface area contributed by atoms with Gasteiger partial charge < -0.3 is 9.15 Å². The number of ether oxygens (including phenoxy) is 1. The van der Waals surface area contributed by atoms with Gasteiger partial charge in [-0.15, -0.1) is 0 Å². The average Bonchev–Trinajstić information content (AvgIpc) is 2.57. The lowest BCUT2D eigenvalue weighted by Crippen LogP contribution is -2.05. The summed E-state index contributed by atoms with van der Waals surface area (Å²) >= 11 is 0. The number of rotatable bonds is 4. The fourth-order valence-electron chi connectivity index (χ4n) is 2.52. The second kappa shape index (κ2) is 6.35. The van der Waals surface area contributed by atoms with Crippen molar-refractivity contribution in [3.63, 3.8) is 0 Å². The number of nitro benzene ring substituents is 1. The van der Waals surface area contributed by atoms with Crippen LogP contribution >= 0.6 is 0 Å². The van der Waals surface area contributed by atoms with Gasteiger partial charge in [0.1, 0.15) is 12.2 Å². The van der Waals surface area contributed by atoms with E-state index < -0.39 is 16.4 Å². The number of benzene rings is 2. The molecule has 0 aliphatic rings. The van der Waals surface area contributed by atoms with Gasteiger partial charge in [-0.3, -0.25) is 10.1 Å². The van der Waals surface area contributed by atoms with E-state index in [9.17, 15) is 19.3 Å². The van der Waals surface area contributed by atoms with Gasteiger partial charge in [0.05, 0.1) is 11.0 Å². The molecule has 0 radical (unpaired) electrons. The van der Waals surface area contributed by atoms with E-state index in [1.807, 2.05) is 26.0 Å². The molecule has 0 spiro atoms. The van der Waals surface area contributed by atoms with E-state index >= 15 is 0 Å². The molecular weight excluding hydrogens is 329 g/mol. The van der Waals surface area contributed by atoms with Crippen LogP contribution in [0.4, 0.5) is 10.1 Å². The lowest BCUT2D eigenvalue weighted by molar-refractivity contribution is -0.385. The largest absolute Gasteiger partial charge is 0.486 e. The van der Waals surface area contributed by atoms with Crippen molar-refractivity contribution in [3.8, 4) is 5.75 Å². The highest BCUT2D eigenvalue weighted by Gasteiger charge is 2.14. The van der Waals surface area contributed by atoms with Crippen LogP contribution in [0.2, 0.25) is 0 Å². The maximum atomic E-state index is 13.9. The molecule has 0 aliphatic carbocycles. The third-order valence-corrected chi connectivity index (χ3v) is 4.03. The molecule has 3 rings (SSSR count). The molecule has 1 aromatic heterocycles. The van der Waals surface area contributed by atoms with E-state index in [0.717, 1.165) is 23.3 Å². The van der Waals surface area contributed by atoms with E-state index in [1.54, 1.807) is 0 Å². The molecule has 0 saturated heterocycles. The summed E-state index contributed by atoms with van der Waals surface area (Å²) in [6, 6.07) is 8.14. The molecular formula is C18H14FNO5. The van der Waals surface area contributed by atoms with Crippen LogP contribution in [-0.4, -0.2) is 4.92 Å². The summed E-state index contributed by atoms with van der Waals surface area (Å²) < 4.78 is 24.6. The van der Waals surface area contributed by atoms with Crippen LogP contribution in [0, 0.1) is 29.8 Å². The number of nitrogens with zero attached hydrogens (tertiary/aromatic N) is 1. The fourth-order valence-corrected chi connectivity index (χ4v) is 2.52. The van der Waals surface area contributed by atoms with Crippen LogP contribution < -0.4 is 10.4 Å². The minimum absolute atomic E-state index is 0.0701. The molecule has 0 atom stereocenters. The maximum Gasteiger partial charge on any atom is 0.336 e. The number of nitro groups is 1. The van der Waals surface area contributed by atoms with Crippen LogP contribution in [-0.2, 0) is 6.61 Å². The highest BCUT2D eigenvalue weighted by atomic mass is 19.1. The molecule has 0 amide bonds. The summed E-state index contributed by atoms with van der Waals surface area (Å²) in [5, 5.41) is 11.3. The number of hydrogen-bond acceptors (Lipinski definition) is 5. The summed E-state index contributed by atoms with van der Waals surface area (Å²) in [6.07, 6.45) is 0. The smallest absolute Gasteiger partial charge is 0.336 e. The molecule has 0 unspecified atom stereocenters. The third-order valence-electron chi connectivity index (χ3n) is 4.03. The zero-order valence-corrected chi connectivity index (χ0v) is 13.5. The number of halogens is 1. The monoisotopic (exact) mass is 343 g/mol. The molecule has 128 valence electrons. The molecule has 0 N–H and O–H groups in total. The van der Waals surface area contributed by atoms with Crippen LogP contribution in [0.1, 0.15) is 16.7 Å². The van der Waals surface area contributed by atoms with E-state index in [2.05, 4.69) is 0 Å². The Kier molecular flexibility index (Phi) is 4.22. The topological polar surface area (TPSA) is 82.6 Å². The van der Waals surface area contributed by atoms with Crippen molar-refractivity contribution >= 4 is 16.7 Å². The van der Waals surface area contributed by atoms with Crippen molar-refractivity contribution in [2.24, 2.45) is 0 Å². The molecule has 1 heterocycles. The van der Waals surface area contributed by atoms with Gasteiger partial charge in [0, 0.05) is 23.1 Å². The highest BCUT2D eigenvalue weighted by molar-refractivity contribution is 5.83. The van der Waals surface area contributed by atoms with Crippen LogP contribution in [0.15, 0.2) is 45.6 Å². The van der Waals surface area contributed by atoms with Gasteiger partial charge in [0.2, 0.25) is 0 Å². The van der Waals surface area contributed by atoms with E-state index in [1.165, 1.54) is 12.1 Å². The summed E-state index contributed by atoms with van der Waals surface area (Å²) in [4.78, 5) is 21.7. The van der Waals surface area contributed by atoms with Crippen molar-refractivity contribution in [2.45, 2.75) is 20.5 Å². The molecule has 0 fully saturated rings. The van der Waals surface area contributed by atoms with Crippen molar-refractivity contribution in [1.29, 1.82) is 0 Å². The SMILES string of the molecule is Cc1ccc2c(COc3ccc([N+](=O)[O-])cc3F)cc(=O)oc2c1C. The third kappa shape index (κ3) is 3.21. The maximum absolute atomic E-state index is 13.9. The van der Waals surface area contributed by atoms with Gasteiger partial charge in [0.15, 0.2) is 11.6 Å². The lowest BCUT2D eigenvalue weighted by Gasteiger charge is -2.11. The zero-order valence-electron chi connectivity index (χ0n) is 13.5. The normalized spacial score (nSPS) is 10.8. The second-order valence-corrected chi connectivity index (χ2v) is 5.64. The number of aryl methyl sites for hydroxylation is 2.